The SMILES string of the molecule is c1ccc(C(c2ccc3ccc4c(N(c5ccccc5)c5cccc6c5oc5c(C7CCCC7)cccc56)ccc5ccc2c3c54)c2cccc3c2oc2c(C4CCCC4)cccc23)cc1. The lowest BCUT2D eigenvalue weighted by Crippen LogP contribution is -2.11. The van der Waals surface area contributed by atoms with E-state index in [0.717, 1.165) is 44.8 Å². The molecule has 66 heavy (non-hydrogen) atoms. The monoisotopic (exact) mass is 851 g/mol. The van der Waals surface area contributed by atoms with Crippen LogP contribution in [-0.2, 0) is 0 Å². The summed E-state index contributed by atoms with van der Waals surface area (Å²) in [7, 11) is 0. The van der Waals surface area contributed by atoms with Crippen LogP contribution in [0.2, 0.25) is 0 Å². The Balaban J connectivity index is 0.993. The highest BCUT2D eigenvalue weighted by molar-refractivity contribution is 6.27. The maximum atomic E-state index is 7.17. The van der Waals surface area contributed by atoms with E-state index >= 15 is 0 Å². The van der Waals surface area contributed by atoms with Gasteiger partial charge in [-0.2, -0.15) is 0 Å². The molecule has 0 aliphatic heterocycles. The molecule has 0 saturated heterocycles. The van der Waals surface area contributed by atoms with Crippen molar-refractivity contribution in [2.45, 2.75) is 69.1 Å². The Hall–Kier alpha value is -7.36. The lowest BCUT2D eigenvalue weighted by atomic mass is 9.80. The van der Waals surface area contributed by atoms with Crippen molar-refractivity contribution in [1.82, 2.24) is 0 Å². The Morgan fingerprint density at radius 3 is 1.55 bits per heavy atom. The molecule has 0 amide bonds. The fourth-order valence-electron chi connectivity index (χ4n) is 12.6. The van der Waals surface area contributed by atoms with Gasteiger partial charge in [0.25, 0.3) is 0 Å². The summed E-state index contributed by atoms with van der Waals surface area (Å²) in [6, 6.07) is 67.7. The lowest BCUT2D eigenvalue weighted by Gasteiger charge is -2.28. The van der Waals surface area contributed by atoms with Gasteiger partial charge in [-0.15, -0.1) is 0 Å². The molecule has 3 nitrogen and oxygen atoms in total. The lowest BCUT2D eigenvalue weighted by molar-refractivity contribution is 0.638. The quantitative estimate of drug-likeness (QED) is 0.113. The molecule has 2 aromatic heterocycles. The van der Waals surface area contributed by atoms with Crippen LogP contribution in [0.1, 0.15) is 96.9 Å². The Labute approximate surface area is 384 Å². The molecular weight excluding hydrogens is 803 g/mol. The van der Waals surface area contributed by atoms with Crippen LogP contribution < -0.4 is 4.90 Å². The topological polar surface area (TPSA) is 29.5 Å². The van der Waals surface area contributed by atoms with Crippen molar-refractivity contribution in [3.05, 3.63) is 210 Å². The van der Waals surface area contributed by atoms with E-state index in [-0.39, 0.29) is 5.92 Å². The zero-order valence-corrected chi connectivity index (χ0v) is 37.0. The normalized spacial score (nSPS) is 15.5. The highest BCUT2D eigenvalue weighted by atomic mass is 16.3. The number of fused-ring (bicyclic) bond motifs is 6. The molecule has 0 bridgehead atoms. The Morgan fingerprint density at radius 1 is 0.364 bits per heavy atom. The van der Waals surface area contributed by atoms with Gasteiger partial charge in [0, 0.05) is 44.1 Å². The van der Waals surface area contributed by atoms with Crippen LogP contribution in [0, 0.1) is 0 Å². The molecule has 1 atom stereocenters. The number of nitrogens with zero attached hydrogens (tertiary/aromatic N) is 1. The molecule has 2 fully saturated rings. The third-order valence-electron chi connectivity index (χ3n) is 15.6. The van der Waals surface area contributed by atoms with E-state index in [1.807, 2.05) is 0 Å². The average molecular weight is 852 g/mol. The predicted octanol–water partition coefficient (Wildman–Crippen LogP) is 18.3. The van der Waals surface area contributed by atoms with Crippen LogP contribution in [-0.4, -0.2) is 0 Å². The summed E-state index contributed by atoms with van der Waals surface area (Å²) in [5.41, 5.74) is 13.8. The second kappa shape index (κ2) is 15.1. The number of anilines is 3. The summed E-state index contributed by atoms with van der Waals surface area (Å²) < 4.78 is 14.3. The van der Waals surface area contributed by atoms with Crippen LogP contribution in [0.5, 0.6) is 0 Å². The summed E-state index contributed by atoms with van der Waals surface area (Å²) in [6.07, 6.45) is 10.1. The van der Waals surface area contributed by atoms with Gasteiger partial charge in [0.2, 0.25) is 0 Å². The van der Waals surface area contributed by atoms with E-state index in [4.69, 9.17) is 8.83 Å². The maximum absolute atomic E-state index is 7.17. The summed E-state index contributed by atoms with van der Waals surface area (Å²) in [5, 5.41) is 12.3. The van der Waals surface area contributed by atoms with Gasteiger partial charge >= 0.3 is 0 Å². The molecule has 14 rings (SSSR count). The smallest absolute Gasteiger partial charge is 0.159 e. The predicted molar refractivity (Wildman–Crippen MR) is 276 cm³/mol. The van der Waals surface area contributed by atoms with Crippen LogP contribution >= 0.6 is 0 Å². The molecule has 10 aromatic carbocycles. The van der Waals surface area contributed by atoms with E-state index in [9.17, 15) is 0 Å². The molecule has 2 aliphatic rings. The highest BCUT2D eigenvalue weighted by Gasteiger charge is 2.29. The molecule has 0 N–H and O–H groups in total. The fraction of sp³-hybridized carbons (Fsp3) is 0.175. The Morgan fingerprint density at radius 2 is 0.879 bits per heavy atom. The van der Waals surface area contributed by atoms with Crippen molar-refractivity contribution in [2.75, 3.05) is 4.90 Å². The van der Waals surface area contributed by atoms with Gasteiger partial charge in [0.1, 0.15) is 16.7 Å². The van der Waals surface area contributed by atoms with Crippen molar-refractivity contribution in [2.24, 2.45) is 0 Å². The van der Waals surface area contributed by atoms with Gasteiger partial charge in [-0.25, -0.2) is 0 Å². The molecule has 3 heteroatoms. The number of hydrogen-bond acceptors (Lipinski definition) is 3. The van der Waals surface area contributed by atoms with Gasteiger partial charge < -0.3 is 13.7 Å². The Bertz CT molecular complexity index is 3540. The molecule has 318 valence electrons. The van der Waals surface area contributed by atoms with Crippen LogP contribution in [0.25, 0.3) is 76.2 Å². The van der Waals surface area contributed by atoms with E-state index in [1.54, 1.807) is 0 Å². The molecule has 0 spiro atoms. The Kier molecular flexibility index (Phi) is 8.69. The summed E-state index contributed by atoms with van der Waals surface area (Å²) >= 11 is 0. The summed E-state index contributed by atoms with van der Waals surface area (Å²) in [4.78, 5) is 2.43. The van der Waals surface area contributed by atoms with Crippen LogP contribution in [0.4, 0.5) is 17.1 Å². The molecule has 2 heterocycles. The fourth-order valence-corrected chi connectivity index (χ4v) is 12.6. The maximum Gasteiger partial charge on any atom is 0.159 e. The van der Waals surface area contributed by atoms with Gasteiger partial charge in [-0.1, -0.05) is 183 Å². The molecule has 0 radical (unpaired) electrons. The summed E-state index contributed by atoms with van der Waals surface area (Å²) in [6.45, 7) is 0. The van der Waals surface area contributed by atoms with Crippen molar-refractivity contribution < 1.29 is 8.83 Å². The zero-order chi connectivity index (χ0) is 43.3. The number of furan rings is 2. The highest BCUT2D eigenvalue weighted by Crippen LogP contribution is 2.51. The van der Waals surface area contributed by atoms with Crippen LogP contribution in [0.3, 0.4) is 0 Å². The van der Waals surface area contributed by atoms with E-state index in [0.29, 0.717) is 11.8 Å². The van der Waals surface area contributed by atoms with Gasteiger partial charge in [-0.05, 0) is 111 Å². The number of para-hydroxylation sites is 5. The minimum Gasteiger partial charge on any atom is -0.455 e. The first-order chi connectivity index (χ1) is 32.8. The second-order valence-corrected chi connectivity index (χ2v) is 19.2. The largest absolute Gasteiger partial charge is 0.455 e. The first-order valence-electron chi connectivity index (χ1n) is 24.3. The first kappa shape index (κ1) is 38.0. The number of hydrogen-bond donors (Lipinski definition) is 0. The first-order valence-corrected chi connectivity index (χ1v) is 24.3. The molecular formula is C63H49NO2. The van der Waals surface area contributed by atoms with E-state index in [1.165, 1.54) is 128 Å². The van der Waals surface area contributed by atoms with Crippen molar-refractivity contribution >= 4 is 93.3 Å². The molecule has 1 unspecified atom stereocenters. The minimum absolute atomic E-state index is 0.0601. The third kappa shape index (κ3) is 5.75. The van der Waals surface area contributed by atoms with E-state index in [2.05, 4.69) is 187 Å². The molecule has 2 saturated carbocycles. The van der Waals surface area contributed by atoms with Gasteiger partial charge in [-0.3, -0.25) is 0 Å². The van der Waals surface area contributed by atoms with Crippen molar-refractivity contribution in [3.8, 4) is 0 Å². The summed E-state index contributed by atoms with van der Waals surface area (Å²) in [5.74, 6) is 1.05. The molecule has 2 aliphatic carbocycles. The van der Waals surface area contributed by atoms with Crippen molar-refractivity contribution in [1.29, 1.82) is 0 Å². The number of benzene rings is 10. The zero-order valence-electron chi connectivity index (χ0n) is 37.0. The minimum atomic E-state index is -0.0601. The third-order valence-corrected chi connectivity index (χ3v) is 15.6. The van der Waals surface area contributed by atoms with Gasteiger partial charge in [0.15, 0.2) is 5.58 Å². The number of rotatable bonds is 8. The molecule has 12 aromatic rings. The van der Waals surface area contributed by atoms with Crippen LogP contribution in [0.15, 0.2) is 191 Å². The standard InChI is InChI=1S/C63H49NO2/c1-3-19-41(20-4-1)57(54-29-13-27-50-49-25-11-23-45(39-15-7-8-16-39)60(49)65-62(50)54)47-35-31-42-33-37-53-55(38-34-43-32-36-48(47)58(42)59(43)53)64(44-21-5-2-6-22-44)56-30-14-28-52-51-26-12-24-46(40-17-9-10-18-40)61(51)66-63(52)56/h1-6,11-14,19-40,57H,7-10,15-18H2. The van der Waals surface area contributed by atoms with Gasteiger partial charge in [0.05, 0.1) is 11.4 Å². The second-order valence-electron chi connectivity index (χ2n) is 19.2. The average Bonchev–Trinajstić information content (AvgIpc) is 4.23. The van der Waals surface area contributed by atoms with Crippen molar-refractivity contribution in [3.63, 3.8) is 0 Å². The van der Waals surface area contributed by atoms with E-state index < -0.39 is 0 Å².